The highest BCUT2D eigenvalue weighted by atomic mass is 16.7. The number of ketones is 2. The number of aromatic nitrogens is 1. The number of aryl methyl sites for hydroxylation is 1. The number of ether oxygens (including phenoxy) is 1. The summed E-state index contributed by atoms with van der Waals surface area (Å²) < 4.78 is 7.86. The Morgan fingerprint density at radius 2 is 1.75 bits per heavy atom. The van der Waals surface area contributed by atoms with Gasteiger partial charge in [0.15, 0.2) is 5.78 Å². The van der Waals surface area contributed by atoms with Crippen LogP contribution in [0.15, 0.2) is 77.7 Å². The molecule has 2 aliphatic rings. The molecule has 1 aromatic heterocycles. The number of carbonyl (C=O) groups excluding carboxylic acids is 3. The smallest absolute Gasteiger partial charge is 0.331 e. The molecule has 182 valence electrons. The highest BCUT2D eigenvalue weighted by molar-refractivity contribution is 6.45. The van der Waals surface area contributed by atoms with Crippen molar-refractivity contribution in [3.63, 3.8) is 0 Å². The minimum atomic E-state index is -0.586. The number of benzene rings is 2. The lowest BCUT2D eigenvalue weighted by Crippen LogP contribution is -2.19. The largest absolute Gasteiger partial charge is 0.493 e. The summed E-state index contributed by atoms with van der Waals surface area (Å²) in [6.45, 7) is 5.59. The van der Waals surface area contributed by atoms with Crippen LogP contribution in [0, 0.1) is 5.92 Å². The Hall–Kier alpha value is -4.26. The third-order valence-electron chi connectivity index (χ3n) is 6.54. The number of oxime groups is 1. The molecule has 0 saturated carbocycles. The van der Waals surface area contributed by atoms with Crippen molar-refractivity contribution in [1.29, 1.82) is 0 Å². The Morgan fingerprint density at radius 3 is 2.53 bits per heavy atom. The van der Waals surface area contributed by atoms with Gasteiger partial charge >= 0.3 is 5.97 Å². The van der Waals surface area contributed by atoms with Crippen LogP contribution in [0.25, 0.3) is 21.8 Å². The Balaban J connectivity index is 1.56. The first kappa shape index (κ1) is 23.5. The lowest BCUT2D eigenvalue weighted by molar-refractivity contribution is -0.140. The SMILES string of the molecule is CCCn1c2ccc(C(=O)C3=COC4C=CC=CC34)cc2c2ccc(C(=O)/C(C)=N/OC(C)=O)cc21. The Bertz CT molecular complexity index is 1540. The molecule has 0 bridgehead atoms. The molecule has 2 atom stereocenters. The number of nitrogens with zero attached hydrogens (tertiary/aromatic N) is 2. The fraction of sp³-hybridized carbons (Fsp3) is 0.241. The number of carbonyl (C=O) groups is 3. The quantitative estimate of drug-likeness (QED) is 0.191. The highest BCUT2D eigenvalue weighted by Crippen LogP contribution is 2.35. The van der Waals surface area contributed by atoms with Crippen LogP contribution in [-0.4, -0.2) is 33.9 Å². The average molecular weight is 483 g/mol. The van der Waals surface area contributed by atoms with Gasteiger partial charge in [-0.2, -0.15) is 0 Å². The summed E-state index contributed by atoms with van der Waals surface area (Å²) in [5, 5.41) is 5.53. The first-order valence-corrected chi connectivity index (χ1v) is 12.0. The van der Waals surface area contributed by atoms with Gasteiger partial charge in [-0.3, -0.25) is 9.59 Å². The van der Waals surface area contributed by atoms with E-state index in [-0.39, 0.29) is 29.3 Å². The molecule has 1 aliphatic heterocycles. The number of hydrogen-bond donors (Lipinski definition) is 0. The predicted octanol–water partition coefficient (Wildman–Crippen LogP) is 5.53. The zero-order chi connectivity index (χ0) is 25.4. The van der Waals surface area contributed by atoms with E-state index in [1.165, 1.54) is 13.8 Å². The molecule has 7 nitrogen and oxygen atoms in total. The van der Waals surface area contributed by atoms with Gasteiger partial charge in [0, 0.05) is 57.9 Å². The van der Waals surface area contributed by atoms with Crippen LogP contribution >= 0.6 is 0 Å². The summed E-state index contributed by atoms with van der Waals surface area (Å²) in [4.78, 5) is 42.0. The lowest BCUT2D eigenvalue weighted by atomic mass is 9.87. The van der Waals surface area contributed by atoms with Crippen molar-refractivity contribution in [3.05, 3.63) is 83.7 Å². The number of allylic oxidation sites excluding steroid dienone is 2. The molecular formula is C29H26N2O5. The van der Waals surface area contributed by atoms with Crippen LogP contribution in [0.3, 0.4) is 0 Å². The molecule has 0 fully saturated rings. The normalized spacial score (nSPS) is 18.8. The molecular weight excluding hydrogens is 456 g/mol. The zero-order valence-electron chi connectivity index (χ0n) is 20.4. The summed E-state index contributed by atoms with van der Waals surface area (Å²) in [7, 11) is 0. The number of rotatable bonds is 7. The molecule has 5 rings (SSSR count). The molecule has 3 aromatic rings. The zero-order valence-corrected chi connectivity index (χ0v) is 20.4. The van der Waals surface area contributed by atoms with E-state index in [0.29, 0.717) is 16.7 Å². The minimum Gasteiger partial charge on any atom is -0.493 e. The maximum atomic E-state index is 13.4. The van der Waals surface area contributed by atoms with Gasteiger partial charge in [-0.1, -0.05) is 42.4 Å². The molecule has 36 heavy (non-hydrogen) atoms. The van der Waals surface area contributed by atoms with Crippen molar-refractivity contribution in [2.24, 2.45) is 11.1 Å². The molecule has 0 amide bonds. The maximum absolute atomic E-state index is 13.4. The average Bonchev–Trinajstić information content (AvgIpc) is 3.45. The van der Waals surface area contributed by atoms with E-state index in [1.807, 2.05) is 54.6 Å². The van der Waals surface area contributed by atoms with Crippen molar-refractivity contribution in [1.82, 2.24) is 4.57 Å². The van der Waals surface area contributed by atoms with Gasteiger partial charge in [0.1, 0.15) is 11.8 Å². The fourth-order valence-corrected chi connectivity index (χ4v) is 4.83. The van der Waals surface area contributed by atoms with Crippen LogP contribution in [0.1, 0.15) is 47.9 Å². The van der Waals surface area contributed by atoms with Gasteiger partial charge in [-0.05, 0) is 43.7 Å². The van der Waals surface area contributed by atoms with Gasteiger partial charge < -0.3 is 14.1 Å². The van der Waals surface area contributed by atoms with Gasteiger partial charge in [-0.15, -0.1) is 0 Å². The van der Waals surface area contributed by atoms with E-state index in [4.69, 9.17) is 4.74 Å². The van der Waals surface area contributed by atoms with Crippen LogP contribution in [0.2, 0.25) is 0 Å². The molecule has 7 heteroatoms. The molecule has 2 unspecified atom stereocenters. The first-order valence-electron chi connectivity index (χ1n) is 12.0. The van der Waals surface area contributed by atoms with E-state index in [9.17, 15) is 14.4 Å². The van der Waals surface area contributed by atoms with E-state index in [1.54, 1.807) is 12.3 Å². The first-order chi connectivity index (χ1) is 17.4. The third kappa shape index (κ3) is 4.06. The van der Waals surface area contributed by atoms with Crippen LogP contribution in [0.4, 0.5) is 0 Å². The Morgan fingerprint density at radius 1 is 0.972 bits per heavy atom. The molecule has 0 N–H and O–H groups in total. The summed E-state index contributed by atoms with van der Waals surface area (Å²) in [6, 6.07) is 11.2. The van der Waals surface area contributed by atoms with Gasteiger partial charge in [0.25, 0.3) is 0 Å². The van der Waals surface area contributed by atoms with Crippen LogP contribution in [0.5, 0.6) is 0 Å². The minimum absolute atomic E-state index is 0.0511. The molecule has 0 radical (unpaired) electrons. The number of fused-ring (bicyclic) bond motifs is 4. The number of hydrogen-bond acceptors (Lipinski definition) is 6. The molecule has 0 spiro atoms. The van der Waals surface area contributed by atoms with Crippen molar-refractivity contribution in [2.75, 3.05) is 0 Å². The monoisotopic (exact) mass is 482 g/mol. The van der Waals surface area contributed by atoms with E-state index >= 15 is 0 Å². The van der Waals surface area contributed by atoms with Crippen LogP contribution in [-0.2, 0) is 20.9 Å². The van der Waals surface area contributed by atoms with Gasteiger partial charge in [0.2, 0.25) is 5.78 Å². The molecule has 2 heterocycles. The van der Waals surface area contributed by atoms with Crippen LogP contribution < -0.4 is 0 Å². The highest BCUT2D eigenvalue weighted by Gasteiger charge is 2.33. The van der Waals surface area contributed by atoms with Crippen molar-refractivity contribution in [2.45, 2.75) is 39.8 Å². The maximum Gasteiger partial charge on any atom is 0.331 e. The van der Waals surface area contributed by atoms with Crippen molar-refractivity contribution < 1.29 is 24.0 Å². The van der Waals surface area contributed by atoms with Crippen molar-refractivity contribution >= 4 is 45.1 Å². The molecule has 0 saturated heterocycles. The lowest BCUT2D eigenvalue weighted by Gasteiger charge is -2.16. The second-order valence-electron chi connectivity index (χ2n) is 9.00. The Labute approximate surface area is 208 Å². The second kappa shape index (κ2) is 9.41. The standard InChI is InChI=1S/C29H26N2O5/c1-4-13-31-25-12-10-19(29(34)24-16-35-27-8-6-5-7-22(24)27)14-23(25)21-11-9-20(15-26(21)31)28(33)17(2)30-36-18(3)32/h5-12,14-16,22,27H,4,13H2,1-3H3/b30-17+. The number of Topliss-reactive ketones (excluding diaryl/α,β-unsaturated/α-hetero) is 2. The topological polar surface area (TPSA) is 87.0 Å². The van der Waals surface area contributed by atoms with Crippen molar-refractivity contribution in [3.8, 4) is 0 Å². The summed E-state index contributed by atoms with van der Waals surface area (Å²) in [5.74, 6) is -1.04. The fourth-order valence-electron chi connectivity index (χ4n) is 4.83. The molecule has 1 aliphatic carbocycles. The molecule has 2 aromatic carbocycles. The predicted molar refractivity (Wildman–Crippen MR) is 138 cm³/mol. The van der Waals surface area contributed by atoms with E-state index < -0.39 is 5.97 Å². The third-order valence-corrected chi connectivity index (χ3v) is 6.54. The summed E-state index contributed by atoms with van der Waals surface area (Å²) in [5.41, 5.74) is 3.67. The van der Waals surface area contributed by atoms with Gasteiger partial charge in [-0.25, -0.2) is 4.79 Å². The van der Waals surface area contributed by atoms with E-state index in [0.717, 1.165) is 34.8 Å². The second-order valence-corrected chi connectivity index (χ2v) is 9.00. The summed E-state index contributed by atoms with van der Waals surface area (Å²) in [6.07, 6.45) is 10.2. The van der Waals surface area contributed by atoms with E-state index in [2.05, 4.69) is 21.5 Å². The summed E-state index contributed by atoms with van der Waals surface area (Å²) >= 11 is 0. The Kier molecular flexibility index (Phi) is 6.14. The van der Waals surface area contributed by atoms with Gasteiger partial charge in [0.05, 0.1) is 6.26 Å².